The summed E-state index contributed by atoms with van der Waals surface area (Å²) in [6.07, 6.45) is 7.81. The van der Waals surface area contributed by atoms with Crippen molar-refractivity contribution in [2.24, 2.45) is 0 Å². The van der Waals surface area contributed by atoms with Crippen LogP contribution in [0.1, 0.15) is 29.3 Å². The van der Waals surface area contributed by atoms with Crippen LogP contribution in [0.4, 0.5) is 5.95 Å². The smallest absolute Gasteiger partial charge is 0.257 e. The molecule has 25 heavy (non-hydrogen) atoms. The number of amides is 1. The number of nitrogens with zero attached hydrogens (tertiary/aromatic N) is 5. The molecule has 1 saturated heterocycles. The zero-order chi connectivity index (χ0) is 17.5. The highest BCUT2D eigenvalue weighted by atomic mass is 16.2. The molecule has 1 amide bonds. The molecule has 0 aliphatic carbocycles. The van der Waals surface area contributed by atoms with E-state index in [4.69, 9.17) is 0 Å². The molecule has 2 aromatic rings. The zero-order valence-electron chi connectivity index (χ0n) is 14.6. The molecule has 0 unspecified atom stereocenters. The second-order valence-electron chi connectivity index (χ2n) is 6.10. The summed E-state index contributed by atoms with van der Waals surface area (Å²) in [5.74, 6) is 0.562. The first-order valence-corrected chi connectivity index (χ1v) is 8.72. The van der Waals surface area contributed by atoms with Crippen LogP contribution in [0.5, 0.6) is 0 Å². The summed E-state index contributed by atoms with van der Waals surface area (Å²) >= 11 is 0. The lowest BCUT2D eigenvalue weighted by Crippen LogP contribution is -2.35. The molecule has 132 valence electrons. The summed E-state index contributed by atoms with van der Waals surface area (Å²) in [5, 5.41) is 3.03. The number of hydrogen-bond donors (Lipinski definition) is 1. The normalized spacial score (nSPS) is 15.6. The Hall–Kier alpha value is -2.54. The van der Waals surface area contributed by atoms with E-state index >= 15 is 0 Å². The first-order chi connectivity index (χ1) is 12.3. The Bertz CT molecular complexity index is 676. The van der Waals surface area contributed by atoms with Crippen LogP contribution in [-0.2, 0) is 6.54 Å². The van der Waals surface area contributed by atoms with Crippen molar-refractivity contribution in [2.75, 3.05) is 38.0 Å². The summed E-state index contributed by atoms with van der Waals surface area (Å²) in [6.45, 7) is 6.97. The van der Waals surface area contributed by atoms with Crippen molar-refractivity contribution >= 4 is 11.9 Å². The third-order valence-electron chi connectivity index (χ3n) is 4.26. The fourth-order valence-electron chi connectivity index (χ4n) is 2.95. The average Bonchev–Trinajstić information content (AvgIpc) is 2.89. The number of pyridine rings is 1. The molecule has 1 N–H and O–H groups in total. The summed E-state index contributed by atoms with van der Waals surface area (Å²) in [4.78, 5) is 29.4. The molecule has 7 heteroatoms. The molecule has 0 atom stereocenters. The fraction of sp³-hybridized carbons (Fsp3) is 0.444. The Labute approximate surface area is 148 Å². The highest BCUT2D eigenvalue weighted by Gasteiger charge is 2.21. The molecule has 0 radical (unpaired) electrons. The Morgan fingerprint density at radius 3 is 2.60 bits per heavy atom. The highest BCUT2D eigenvalue weighted by molar-refractivity contribution is 5.93. The molecule has 1 aliphatic heterocycles. The van der Waals surface area contributed by atoms with E-state index in [1.807, 2.05) is 36.4 Å². The first kappa shape index (κ1) is 17.3. The van der Waals surface area contributed by atoms with Crippen molar-refractivity contribution in [3.63, 3.8) is 0 Å². The maximum absolute atomic E-state index is 12.7. The van der Waals surface area contributed by atoms with E-state index in [9.17, 15) is 4.79 Å². The quantitative estimate of drug-likeness (QED) is 0.892. The molecule has 7 nitrogen and oxygen atoms in total. The Morgan fingerprint density at radius 1 is 1.12 bits per heavy atom. The largest absolute Gasteiger partial charge is 0.355 e. The van der Waals surface area contributed by atoms with Crippen molar-refractivity contribution < 1.29 is 4.79 Å². The van der Waals surface area contributed by atoms with Gasteiger partial charge in [-0.15, -0.1) is 0 Å². The van der Waals surface area contributed by atoms with Gasteiger partial charge in [-0.05, 0) is 31.0 Å². The van der Waals surface area contributed by atoms with Gasteiger partial charge in [0.2, 0.25) is 5.95 Å². The molecule has 3 rings (SSSR count). The third kappa shape index (κ3) is 4.73. The maximum Gasteiger partial charge on any atom is 0.257 e. The van der Waals surface area contributed by atoms with Gasteiger partial charge in [0.15, 0.2) is 0 Å². The molecule has 1 aliphatic rings. The van der Waals surface area contributed by atoms with Gasteiger partial charge in [-0.3, -0.25) is 14.7 Å². The number of carbonyl (C=O) groups is 1. The first-order valence-electron chi connectivity index (χ1n) is 8.72. The standard InChI is InChI=1S/C18H24N6O/c1-2-20-18-21-12-16(13-22-18)17(25)24-9-3-8-23(10-11-24)14-15-4-6-19-7-5-15/h4-7,12-13H,2-3,8-11,14H2,1H3,(H,20,21,22). The van der Waals surface area contributed by atoms with E-state index in [1.54, 1.807) is 12.4 Å². The Balaban J connectivity index is 1.57. The van der Waals surface area contributed by atoms with Crippen LogP contribution in [0.25, 0.3) is 0 Å². The molecular formula is C18H24N6O. The maximum atomic E-state index is 12.7. The molecule has 2 aromatic heterocycles. The average molecular weight is 340 g/mol. The van der Waals surface area contributed by atoms with Gasteiger partial charge in [0.1, 0.15) is 0 Å². The second kappa shape index (κ2) is 8.53. The van der Waals surface area contributed by atoms with Gasteiger partial charge in [0.05, 0.1) is 5.56 Å². The van der Waals surface area contributed by atoms with Crippen LogP contribution in [0, 0.1) is 0 Å². The van der Waals surface area contributed by atoms with E-state index in [1.165, 1.54) is 5.56 Å². The van der Waals surface area contributed by atoms with Crippen LogP contribution in [0.3, 0.4) is 0 Å². The molecule has 0 aromatic carbocycles. The van der Waals surface area contributed by atoms with E-state index in [0.717, 1.165) is 45.7 Å². The van der Waals surface area contributed by atoms with Crippen LogP contribution >= 0.6 is 0 Å². The number of hydrogen-bond acceptors (Lipinski definition) is 6. The van der Waals surface area contributed by atoms with Crippen molar-refractivity contribution in [3.8, 4) is 0 Å². The van der Waals surface area contributed by atoms with E-state index < -0.39 is 0 Å². The van der Waals surface area contributed by atoms with E-state index in [0.29, 0.717) is 11.5 Å². The summed E-state index contributed by atoms with van der Waals surface area (Å²) in [6, 6.07) is 4.08. The molecule has 1 fully saturated rings. The number of nitrogens with one attached hydrogen (secondary N) is 1. The predicted molar refractivity (Wildman–Crippen MR) is 96.2 cm³/mol. The second-order valence-corrected chi connectivity index (χ2v) is 6.10. The van der Waals surface area contributed by atoms with Crippen LogP contribution < -0.4 is 5.32 Å². The Morgan fingerprint density at radius 2 is 1.88 bits per heavy atom. The lowest BCUT2D eigenvalue weighted by atomic mass is 10.2. The van der Waals surface area contributed by atoms with Crippen molar-refractivity contribution in [2.45, 2.75) is 19.9 Å². The van der Waals surface area contributed by atoms with Crippen molar-refractivity contribution in [1.29, 1.82) is 0 Å². The number of carbonyl (C=O) groups excluding carboxylic acids is 1. The third-order valence-corrected chi connectivity index (χ3v) is 4.26. The lowest BCUT2D eigenvalue weighted by molar-refractivity contribution is 0.0760. The van der Waals surface area contributed by atoms with Crippen molar-refractivity contribution in [1.82, 2.24) is 24.8 Å². The van der Waals surface area contributed by atoms with Crippen LogP contribution in [0.15, 0.2) is 36.9 Å². The summed E-state index contributed by atoms with van der Waals surface area (Å²) in [5.41, 5.74) is 1.80. The lowest BCUT2D eigenvalue weighted by Gasteiger charge is -2.22. The minimum absolute atomic E-state index is 0.00816. The fourth-order valence-corrected chi connectivity index (χ4v) is 2.95. The number of rotatable bonds is 5. The Kier molecular flexibility index (Phi) is 5.90. The topological polar surface area (TPSA) is 74.2 Å². The number of anilines is 1. The monoisotopic (exact) mass is 340 g/mol. The SMILES string of the molecule is CCNc1ncc(C(=O)N2CCCN(Cc3ccncc3)CC2)cn1. The van der Waals surface area contributed by atoms with E-state index in [-0.39, 0.29) is 5.91 Å². The van der Waals surface area contributed by atoms with Gasteiger partial charge >= 0.3 is 0 Å². The van der Waals surface area contributed by atoms with Gasteiger partial charge in [0, 0.05) is 64.1 Å². The zero-order valence-corrected chi connectivity index (χ0v) is 14.6. The molecule has 0 bridgehead atoms. The summed E-state index contributed by atoms with van der Waals surface area (Å²) < 4.78 is 0. The van der Waals surface area contributed by atoms with Crippen molar-refractivity contribution in [3.05, 3.63) is 48.0 Å². The molecule has 0 saturated carbocycles. The van der Waals surface area contributed by atoms with Gasteiger partial charge in [0.25, 0.3) is 5.91 Å². The minimum Gasteiger partial charge on any atom is -0.355 e. The van der Waals surface area contributed by atoms with Crippen LogP contribution in [-0.4, -0.2) is 63.4 Å². The van der Waals surface area contributed by atoms with E-state index in [2.05, 4.69) is 25.2 Å². The van der Waals surface area contributed by atoms with Crippen LogP contribution in [0.2, 0.25) is 0 Å². The molecule has 3 heterocycles. The minimum atomic E-state index is 0.00816. The van der Waals surface area contributed by atoms with Gasteiger partial charge in [-0.1, -0.05) is 0 Å². The molecule has 0 spiro atoms. The molecular weight excluding hydrogens is 316 g/mol. The van der Waals surface area contributed by atoms with Gasteiger partial charge in [-0.25, -0.2) is 9.97 Å². The van der Waals surface area contributed by atoms with Gasteiger partial charge < -0.3 is 10.2 Å². The van der Waals surface area contributed by atoms with Gasteiger partial charge in [-0.2, -0.15) is 0 Å². The highest BCUT2D eigenvalue weighted by Crippen LogP contribution is 2.11. The number of aromatic nitrogens is 3. The summed E-state index contributed by atoms with van der Waals surface area (Å²) in [7, 11) is 0. The predicted octanol–water partition coefficient (Wildman–Crippen LogP) is 1.65.